The average molecular weight is 235 g/mol. The summed E-state index contributed by atoms with van der Waals surface area (Å²) in [5.41, 5.74) is 0. The van der Waals surface area contributed by atoms with Crippen LogP contribution >= 0.6 is 7.60 Å². The van der Waals surface area contributed by atoms with Crippen LogP contribution in [-0.4, -0.2) is 28.6 Å². The third-order valence-corrected chi connectivity index (χ3v) is 2.93. The maximum atomic E-state index is 10.5. The minimum atomic E-state index is -3.79. The Kier molecular flexibility index (Phi) is 8.53. The van der Waals surface area contributed by atoms with E-state index in [2.05, 4.69) is 4.99 Å². The molecule has 0 unspecified atom stereocenters. The van der Waals surface area contributed by atoms with Crippen LogP contribution in [0.2, 0.25) is 0 Å². The molecule has 0 saturated heterocycles. The molecule has 0 aliphatic heterocycles. The summed E-state index contributed by atoms with van der Waals surface area (Å²) in [6.45, 7) is 0.534. The van der Waals surface area contributed by atoms with E-state index in [1.54, 1.807) is 0 Å². The van der Waals surface area contributed by atoms with Crippen LogP contribution in [0.3, 0.4) is 0 Å². The summed E-state index contributed by atoms with van der Waals surface area (Å²) in [6.07, 6.45) is 6.79. The van der Waals surface area contributed by atoms with E-state index in [9.17, 15) is 9.36 Å². The molecule has 2 N–H and O–H groups in total. The van der Waals surface area contributed by atoms with Crippen LogP contribution in [0.15, 0.2) is 4.99 Å². The Labute approximate surface area is 89.8 Å². The van der Waals surface area contributed by atoms with Crippen molar-refractivity contribution < 1.29 is 19.1 Å². The molecule has 0 aliphatic carbocycles. The van der Waals surface area contributed by atoms with Gasteiger partial charge in [0.15, 0.2) is 0 Å². The molecule has 0 amide bonds. The second-order valence-corrected chi connectivity index (χ2v) is 5.26. The fourth-order valence-corrected chi connectivity index (χ4v) is 1.90. The molecule has 88 valence electrons. The van der Waals surface area contributed by atoms with Crippen LogP contribution < -0.4 is 0 Å². The highest BCUT2D eigenvalue weighted by Crippen LogP contribution is 2.35. The van der Waals surface area contributed by atoms with Crippen molar-refractivity contribution in [2.24, 2.45) is 4.99 Å². The highest BCUT2D eigenvalue weighted by atomic mass is 31.2. The summed E-state index contributed by atoms with van der Waals surface area (Å²) in [5, 5.41) is 0. The number of hydrogen-bond donors (Lipinski definition) is 2. The van der Waals surface area contributed by atoms with E-state index >= 15 is 0 Å². The molecule has 0 fully saturated rings. The molecule has 0 saturated carbocycles. The first-order valence-electron chi connectivity index (χ1n) is 5.14. The van der Waals surface area contributed by atoms with Crippen LogP contribution in [0.25, 0.3) is 0 Å². The summed E-state index contributed by atoms with van der Waals surface area (Å²) in [6, 6.07) is 0. The molecule has 0 bridgehead atoms. The molecule has 0 radical (unpaired) electrons. The van der Waals surface area contributed by atoms with Crippen LogP contribution in [0.4, 0.5) is 0 Å². The predicted octanol–water partition coefficient (Wildman–Crippen LogP) is 1.84. The molecule has 0 rings (SSSR count). The van der Waals surface area contributed by atoms with Gasteiger partial charge in [0.1, 0.15) is 0 Å². The first-order valence-corrected chi connectivity index (χ1v) is 6.94. The van der Waals surface area contributed by atoms with Gasteiger partial charge in [-0.3, -0.25) is 4.57 Å². The van der Waals surface area contributed by atoms with Crippen molar-refractivity contribution >= 4 is 13.7 Å². The standard InChI is InChI=1S/C9H18NO4P/c11-9-10-7-5-3-1-2-4-6-8-15(12,13)14/h1-8H2,(H2,12,13,14). The first-order chi connectivity index (χ1) is 7.06. The first kappa shape index (κ1) is 14.5. The molecule has 0 aromatic rings. The summed E-state index contributed by atoms with van der Waals surface area (Å²) in [4.78, 5) is 30.3. The van der Waals surface area contributed by atoms with Gasteiger partial charge in [-0.15, -0.1) is 0 Å². The van der Waals surface area contributed by atoms with Gasteiger partial charge in [-0.2, -0.15) is 0 Å². The van der Waals surface area contributed by atoms with Crippen LogP contribution in [-0.2, 0) is 9.36 Å². The van der Waals surface area contributed by atoms with Gasteiger partial charge in [0.25, 0.3) is 0 Å². The maximum Gasteiger partial charge on any atom is 0.325 e. The zero-order valence-electron chi connectivity index (χ0n) is 8.76. The number of carbonyl (C=O) groups excluding carboxylic acids is 1. The van der Waals surface area contributed by atoms with Gasteiger partial charge >= 0.3 is 7.60 Å². The van der Waals surface area contributed by atoms with E-state index in [1.807, 2.05) is 0 Å². The molecule has 0 aromatic heterocycles. The zero-order valence-corrected chi connectivity index (χ0v) is 9.66. The predicted molar refractivity (Wildman–Crippen MR) is 57.6 cm³/mol. The summed E-state index contributed by atoms with van der Waals surface area (Å²) >= 11 is 0. The Morgan fingerprint density at radius 2 is 1.53 bits per heavy atom. The van der Waals surface area contributed by atoms with E-state index in [-0.39, 0.29) is 6.16 Å². The molecule has 6 heteroatoms. The largest absolute Gasteiger partial charge is 0.325 e. The lowest BCUT2D eigenvalue weighted by molar-refractivity contribution is 0.370. The number of isocyanates is 1. The van der Waals surface area contributed by atoms with Gasteiger partial charge in [-0.1, -0.05) is 25.7 Å². The average Bonchev–Trinajstić information content (AvgIpc) is 2.14. The number of unbranched alkanes of at least 4 members (excludes halogenated alkanes) is 5. The third kappa shape index (κ3) is 13.5. The van der Waals surface area contributed by atoms with Crippen molar-refractivity contribution in [2.75, 3.05) is 12.7 Å². The number of rotatable bonds is 9. The minimum absolute atomic E-state index is 0.0115. The van der Waals surface area contributed by atoms with Gasteiger partial charge in [-0.25, -0.2) is 9.79 Å². The second kappa shape index (κ2) is 8.81. The maximum absolute atomic E-state index is 10.5. The van der Waals surface area contributed by atoms with Gasteiger partial charge in [-0.05, 0) is 12.8 Å². The molecule has 0 heterocycles. The van der Waals surface area contributed by atoms with E-state index < -0.39 is 7.60 Å². The molecule has 0 aromatic carbocycles. The lowest BCUT2D eigenvalue weighted by Gasteiger charge is -2.03. The Morgan fingerprint density at radius 1 is 1.00 bits per heavy atom. The number of aliphatic imine (C=N–C) groups is 1. The van der Waals surface area contributed by atoms with E-state index in [0.29, 0.717) is 13.0 Å². The Hall–Kier alpha value is -0.470. The van der Waals surface area contributed by atoms with E-state index in [0.717, 1.165) is 32.1 Å². The zero-order chi connectivity index (χ0) is 11.6. The van der Waals surface area contributed by atoms with E-state index in [1.165, 1.54) is 6.08 Å². The quantitative estimate of drug-likeness (QED) is 0.276. The smallest absolute Gasteiger partial charge is 0.324 e. The van der Waals surface area contributed by atoms with Crippen LogP contribution in [0.1, 0.15) is 38.5 Å². The lowest BCUT2D eigenvalue weighted by atomic mass is 10.1. The molecular formula is C9H18NO4P. The fraction of sp³-hybridized carbons (Fsp3) is 0.889. The van der Waals surface area contributed by atoms with Crippen molar-refractivity contribution in [3.63, 3.8) is 0 Å². The minimum Gasteiger partial charge on any atom is -0.324 e. The van der Waals surface area contributed by atoms with Crippen LogP contribution in [0.5, 0.6) is 0 Å². The number of hydrogen-bond acceptors (Lipinski definition) is 3. The summed E-state index contributed by atoms with van der Waals surface area (Å²) in [7, 11) is -3.79. The van der Waals surface area contributed by atoms with Crippen molar-refractivity contribution in [1.29, 1.82) is 0 Å². The van der Waals surface area contributed by atoms with Crippen LogP contribution in [0, 0.1) is 0 Å². The Bertz CT molecular complexity index is 244. The van der Waals surface area contributed by atoms with Crippen molar-refractivity contribution in [3.05, 3.63) is 0 Å². The molecule has 5 nitrogen and oxygen atoms in total. The molecule has 15 heavy (non-hydrogen) atoms. The molecule has 0 atom stereocenters. The van der Waals surface area contributed by atoms with Crippen molar-refractivity contribution in [3.8, 4) is 0 Å². The van der Waals surface area contributed by atoms with Gasteiger partial charge in [0.05, 0.1) is 6.54 Å². The molecular weight excluding hydrogens is 217 g/mol. The third-order valence-electron chi connectivity index (χ3n) is 2.03. The lowest BCUT2D eigenvalue weighted by Crippen LogP contribution is -1.88. The van der Waals surface area contributed by atoms with Gasteiger partial charge in [0, 0.05) is 6.16 Å². The number of nitrogens with zero attached hydrogens (tertiary/aromatic N) is 1. The van der Waals surface area contributed by atoms with Crippen molar-refractivity contribution in [1.82, 2.24) is 0 Å². The molecule has 0 aliphatic rings. The highest BCUT2D eigenvalue weighted by Gasteiger charge is 2.10. The highest BCUT2D eigenvalue weighted by molar-refractivity contribution is 7.51. The fourth-order valence-electron chi connectivity index (χ4n) is 1.26. The molecule has 0 spiro atoms. The summed E-state index contributed by atoms with van der Waals surface area (Å²) < 4.78 is 10.5. The topological polar surface area (TPSA) is 87.0 Å². The summed E-state index contributed by atoms with van der Waals surface area (Å²) in [5.74, 6) is 0. The van der Waals surface area contributed by atoms with Gasteiger partial charge in [0.2, 0.25) is 6.08 Å². The monoisotopic (exact) mass is 235 g/mol. The Morgan fingerprint density at radius 3 is 2.07 bits per heavy atom. The Balaban J connectivity index is 3.12. The van der Waals surface area contributed by atoms with Gasteiger partial charge < -0.3 is 9.79 Å². The van der Waals surface area contributed by atoms with E-state index in [4.69, 9.17) is 9.79 Å². The van der Waals surface area contributed by atoms with Crippen molar-refractivity contribution in [2.45, 2.75) is 38.5 Å². The second-order valence-electron chi connectivity index (χ2n) is 3.48. The SMILES string of the molecule is O=C=NCCCCCCCCP(=O)(O)O. The normalized spacial score (nSPS) is 11.1.